The third-order valence-electron chi connectivity index (χ3n) is 3.94. The second-order valence-corrected chi connectivity index (χ2v) is 6.69. The molecule has 5 nitrogen and oxygen atoms in total. The Hall–Kier alpha value is -1.14. The van der Waals surface area contributed by atoms with E-state index in [0.29, 0.717) is 25.9 Å². The fourth-order valence-corrected chi connectivity index (χ4v) is 3.39. The molecule has 0 aliphatic carbocycles. The van der Waals surface area contributed by atoms with E-state index in [0.717, 1.165) is 22.1 Å². The molecular weight excluding hydrogens is 298 g/mol. The smallest absolute Gasteiger partial charge is 0.223 e. The van der Waals surface area contributed by atoms with Crippen molar-refractivity contribution in [1.29, 1.82) is 0 Å². The minimum Gasteiger partial charge on any atom is -0.372 e. The summed E-state index contributed by atoms with van der Waals surface area (Å²) in [6.45, 7) is 9.38. The van der Waals surface area contributed by atoms with Crippen molar-refractivity contribution in [3.05, 3.63) is 17.0 Å². The summed E-state index contributed by atoms with van der Waals surface area (Å²) in [5, 5.41) is 0.793. The largest absolute Gasteiger partial charge is 0.372 e. The molecule has 0 bridgehead atoms. The Morgan fingerprint density at radius 3 is 2.27 bits per heavy atom. The average molecular weight is 323 g/mol. The van der Waals surface area contributed by atoms with Gasteiger partial charge in [0.25, 0.3) is 0 Å². The molecule has 1 amide bonds. The molecule has 0 spiro atoms. The number of aryl methyl sites for hydroxylation is 2. The van der Waals surface area contributed by atoms with E-state index >= 15 is 0 Å². The maximum atomic E-state index is 12.4. The van der Waals surface area contributed by atoms with Crippen molar-refractivity contribution in [1.82, 2.24) is 14.9 Å². The highest BCUT2D eigenvalue weighted by atomic mass is 32.2. The van der Waals surface area contributed by atoms with Gasteiger partial charge in [0.2, 0.25) is 5.91 Å². The number of hydrogen-bond acceptors (Lipinski definition) is 5. The van der Waals surface area contributed by atoms with Gasteiger partial charge in [0, 0.05) is 30.9 Å². The van der Waals surface area contributed by atoms with Crippen LogP contribution in [0.25, 0.3) is 0 Å². The van der Waals surface area contributed by atoms with Gasteiger partial charge in [0.1, 0.15) is 0 Å². The standard InChI is InChI=1S/C16H25N3O2S/c1-10-8-19(9-11(2)21-10)15(20)7-6-14-12(3)17-16(22-5)18-13(14)4/h10-11H,6-9H2,1-5H3/t10-,11-/m1/s1. The first kappa shape index (κ1) is 17.2. The number of carbonyl (C=O) groups is 1. The second kappa shape index (κ2) is 7.42. The number of carbonyl (C=O) groups excluding carboxylic acids is 1. The molecule has 2 atom stereocenters. The van der Waals surface area contributed by atoms with Gasteiger partial charge in [0.05, 0.1) is 12.2 Å². The molecule has 0 radical (unpaired) electrons. The number of thioether (sulfide) groups is 1. The predicted molar refractivity (Wildman–Crippen MR) is 88.2 cm³/mol. The Bertz CT molecular complexity index is 517. The summed E-state index contributed by atoms with van der Waals surface area (Å²) in [5.41, 5.74) is 3.06. The van der Waals surface area contributed by atoms with Crippen LogP contribution in [0.3, 0.4) is 0 Å². The van der Waals surface area contributed by atoms with Crippen LogP contribution >= 0.6 is 11.8 Å². The predicted octanol–water partition coefficient (Wildman–Crippen LogP) is 2.38. The molecule has 0 unspecified atom stereocenters. The van der Waals surface area contributed by atoms with Gasteiger partial charge in [0.15, 0.2) is 5.16 Å². The number of rotatable bonds is 4. The number of ether oxygens (including phenoxy) is 1. The Labute approximate surface area is 136 Å². The fourth-order valence-electron chi connectivity index (χ4n) is 2.93. The fraction of sp³-hybridized carbons (Fsp3) is 0.688. The average Bonchev–Trinajstić information content (AvgIpc) is 2.44. The van der Waals surface area contributed by atoms with Crippen molar-refractivity contribution in [2.45, 2.75) is 57.9 Å². The molecular formula is C16H25N3O2S. The van der Waals surface area contributed by atoms with Crippen molar-refractivity contribution in [2.75, 3.05) is 19.3 Å². The second-order valence-electron chi connectivity index (χ2n) is 5.92. The number of amides is 1. The number of aromatic nitrogens is 2. The normalized spacial score (nSPS) is 22.0. The van der Waals surface area contributed by atoms with Gasteiger partial charge in [-0.15, -0.1) is 0 Å². The van der Waals surface area contributed by atoms with Crippen molar-refractivity contribution in [2.24, 2.45) is 0 Å². The molecule has 2 rings (SSSR count). The van der Waals surface area contributed by atoms with E-state index in [4.69, 9.17) is 4.74 Å². The lowest BCUT2D eigenvalue weighted by atomic mass is 10.1. The highest BCUT2D eigenvalue weighted by Crippen LogP contribution is 2.18. The van der Waals surface area contributed by atoms with E-state index < -0.39 is 0 Å². The first-order valence-electron chi connectivity index (χ1n) is 7.72. The van der Waals surface area contributed by atoms with Gasteiger partial charge in [-0.1, -0.05) is 11.8 Å². The van der Waals surface area contributed by atoms with E-state index in [-0.39, 0.29) is 18.1 Å². The first-order valence-corrected chi connectivity index (χ1v) is 8.94. The molecule has 0 saturated carbocycles. The van der Waals surface area contributed by atoms with E-state index in [1.54, 1.807) is 11.8 Å². The third kappa shape index (κ3) is 4.20. The van der Waals surface area contributed by atoms with Crippen LogP contribution in [0.5, 0.6) is 0 Å². The molecule has 22 heavy (non-hydrogen) atoms. The quantitative estimate of drug-likeness (QED) is 0.629. The van der Waals surface area contributed by atoms with E-state index in [2.05, 4.69) is 9.97 Å². The lowest BCUT2D eigenvalue weighted by Crippen LogP contribution is -2.48. The molecule has 1 aromatic heterocycles. The Morgan fingerprint density at radius 2 is 1.77 bits per heavy atom. The van der Waals surface area contributed by atoms with Gasteiger partial charge in [-0.05, 0) is 45.9 Å². The lowest BCUT2D eigenvalue weighted by Gasteiger charge is -2.35. The molecule has 122 valence electrons. The molecule has 0 aromatic carbocycles. The maximum Gasteiger partial charge on any atom is 0.223 e. The molecule has 6 heteroatoms. The van der Waals surface area contributed by atoms with Crippen molar-refractivity contribution in [3.8, 4) is 0 Å². The summed E-state index contributed by atoms with van der Waals surface area (Å²) >= 11 is 1.54. The molecule has 1 aromatic rings. The minimum absolute atomic E-state index is 0.111. The summed E-state index contributed by atoms with van der Waals surface area (Å²) in [6, 6.07) is 0. The van der Waals surface area contributed by atoms with Crippen LogP contribution in [0.2, 0.25) is 0 Å². The van der Waals surface area contributed by atoms with Gasteiger partial charge in [-0.25, -0.2) is 9.97 Å². The van der Waals surface area contributed by atoms with Crippen molar-refractivity contribution < 1.29 is 9.53 Å². The molecule has 1 aliphatic rings. The summed E-state index contributed by atoms with van der Waals surface area (Å²) in [5.74, 6) is 0.190. The van der Waals surface area contributed by atoms with Crippen LogP contribution in [0.15, 0.2) is 5.16 Å². The lowest BCUT2D eigenvalue weighted by molar-refractivity contribution is -0.143. The van der Waals surface area contributed by atoms with Gasteiger partial charge in [-0.2, -0.15) is 0 Å². The summed E-state index contributed by atoms with van der Waals surface area (Å²) < 4.78 is 5.68. The van der Waals surface area contributed by atoms with Crippen LogP contribution < -0.4 is 0 Å². The molecule has 0 N–H and O–H groups in total. The maximum absolute atomic E-state index is 12.4. The molecule has 2 heterocycles. The number of hydrogen-bond donors (Lipinski definition) is 0. The Kier molecular flexibility index (Phi) is 5.81. The number of morpholine rings is 1. The highest BCUT2D eigenvalue weighted by Gasteiger charge is 2.25. The zero-order chi connectivity index (χ0) is 16.3. The molecule has 1 fully saturated rings. The van der Waals surface area contributed by atoms with Crippen LogP contribution in [-0.2, 0) is 16.0 Å². The van der Waals surface area contributed by atoms with Crippen molar-refractivity contribution in [3.63, 3.8) is 0 Å². The van der Waals surface area contributed by atoms with Gasteiger partial charge >= 0.3 is 0 Å². The van der Waals surface area contributed by atoms with E-state index in [1.807, 2.05) is 38.9 Å². The van der Waals surface area contributed by atoms with E-state index in [1.165, 1.54) is 0 Å². The summed E-state index contributed by atoms with van der Waals surface area (Å²) in [6.07, 6.45) is 3.40. The van der Waals surface area contributed by atoms with Crippen molar-refractivity contribution >= 4 is 17.7 Å². The monoisotopic (exact) mass is 323 g/mol. The zero-order valence-electron chi connectivity index (χ0n) is 14.0. The summed E-state index contributed by atoms with van der Waals surface area (Å²) in [7, 11) is 0. The minimum atomic E-state index is 0.111. The molecule has 1 saturated heterocycles. The molecule has 1 aliphatic heterocycles. The van der Waals surface area contributed by atoms with Crippen LogP contribution in [0.4, 0.5) is 0 Å². The van der Waals surface area contributed by atoms with Crippen LogP contribution in [0, 0.1) is 13.8 Å². The Balaban J connectivity index is 1.99. The zero-order valence-corrected chi connectivity index (χ0v) is 14.9. The summed E-state index contributed by atoms with van der Waals surface area (Å²) in [4.78, 5) is 23.3. The van der Waals surface area contributed by atoms with Gasteiger partial charge in [-0.3, -0.25) is 4.79 Å². The van der Waals surface area contributed by atoms with Gasteiger partial charge < -0.3 is 9.64 Å². The first-order chi connectivity index (χ1) is 10.4. The highest BCUT2D eigenvalue weighted by molar-refractivity contribution is 7.98. The topological polar surface area (TPSA) is 55.3 Å². The SMILES string of the molecule is CSc1nc(C)c(CCC(=O)N2C[C@@H](C)O[C@H](C)C2)c(C)n1. The Morgan fingerprint density at radius 1 is 1.23 bits per heavy atom. The van der Waals surface area contributed by atoms with Crippen LogP contribution in [0.1, 0.15) is 37.2 Å². The third-order valence-corrected chi connectivity index (χ3v) is 4.49. The van der Waals surface area contributed by atoms with Crippen LogP contribution in [-0.4, -0.2) is 52.3 Å². The number of nitrogens with zero attached hydrogens (tertiary/aromatic N) is 3. The van der Waals surface area contributed by atoms with E-state index in [9.17, 15) is 4.79 Å².